The fraction of sp³-hybridized carbons (Fsp3) is 0.263. The molecule has 0 aliphatic carbocycles. The van der Waals surface area contributed by atoms with Crippen LogP contribution in [0.1, 0.15) is 23.0 Å². The molecule has 24 heavy (non-hydrogen) atoms. The minimum Gasteiger partial charge on any atom is -0.356 e. The molecule has 1 atom stereocenters. The minimum atomic E-state index is -0.116. The molecule has 1 unspecified atom stereocenters. The van der Waals surface area contributed by atoms with E-state index in [-0.39, 0.29) is 6.23 Å². The highest BCUT2D eigenvalue weighted by atomic mass is 16.5. The van der Waals surface area contributed by atoms with Crippen molar-refractivity contribution in [2.24, 2.45) is 0 Å². The fourth-order valence-corrected chi connectivity index (χ4v) is 3.03. The second kappa shape index (κ2) is 6.95. The predicted octanol–water partition coefficient (Wildman–Crippen LogP) is 2.86. The van der Waals surface area contributed by atoms with Crippen molar-refractivity contribution >= 4 is 0 Å². The lowest BCUT2D eigenvalue weighted by molar-refractivity contribution is 0.0252. The molecule has 2 aromatic carbocycles. The van der Waals surface area contributed by atoms with Gasteiger partial charge in [-0.1, -0.05) is 65.9 Å². The van der Waals surface area contributed by atoms with Crippen molar-refractivity contribution in [3.8, 4) is 0 Å². The third kappa shape index (κ3) is 3.37. The lowest BCUT2D eigenvalue weighted by Crippen LogP contribution is -2.23. The number of hydrogen-bond donors (Lipinski definition) is 0. The van der Waals surface area contributed by atoms with Gasteiger partial charge in [-0.15, -0.1) is 5.10 Å². The van der Waals surface area contributed by atoms with Crippen LogP contribution in [-0.4, -0.2) is 33.0 Å². The van der Waals surface area contributed by atoms with Gasteiger partial charge in [0, 0.05) is 13.1 Å². The van der Waals surface area contributed by atoms with Gasteiger partial charge in [0.25, 0.3) is 0 Å². The van der Waals surface area contributed by atoms with Gasteiger partial charge in [0.1, 0.15) is 5.69 Å². The molecule has 0 N–H and O–H groups in total. The Morgan fingerprint density at radius 2 is 1.58 bits per heavy atom. The second-order valence-corrected chi connectivity index (χ2v) is 6.01. The van der Waals surface area contributed by atoms with E-state index in [1.54, 1.807) is 0 Å². The van der Waals surface area contributed by atoms with Crippen LogP contribution in [0, 0.1) is 0 Å². The summed E-state index contributed by atoms with van der Waals surface area (Å²) < 4.78 is 7.77. The van der Waals surface area contributed by atoms with Gasteiger partial charge in [-0.3, -0.25) is 4.90 Å². The van der Waals surface area contributed by atoms with Gasteiger partial charge in [0.15, 0.2) is 6.23 Å². The molecular weight excluding hydrogens is 300 g/mol. The van der Waals surface area contributed by atoms with E-state index in [1.165, 1.54) is 11.1 Å². The Bertz CT molecular complexity index is 772. The molecule has 5 nitrogen and oxygen atoms in total. The molecule has 5 heteroatoms. The molecular formula is C19H20N4O. The van der Waals surface area contributed by atoms with Crippen molar-refractivity contribution in [1.29, 1.82) is 0 Å². The molecule has 3 aromatic rings. The van der Waals surface area contributed by atoms with E-state index in [1.807, 2.05) is 35.1 Å². The van der Waals surface area contributed by atoms with Crippen LogP contribution in [0.4, 0.5) is 0 Å². The summed E-state index contributed by atoms with van der Waals surface area (Å²) in [5, 5.41) is 8.59. The molecule has 0 saturated carbocycles. The molecule has 2 heterocycles. The van der Waals surface area contributed by atoms with E-state index in [2.05, 4.69) is 51.6 Å². The maximum Gasteiger partial charge on any atom is 0.157 e. The van der Waals surface area contributed by atoms with Crippen molar-refractivity contribution in [2.45, 2.75) is 19.3 Å². The van der Waals surface area contributed by atoms with Crippen LogP contribution in [0.2, 0.25) is 0 Å². The topological polar surface area (TPSA) is 43.2 Å². The zero-order valence-electron chi connectivity index (χ0n) is 13.5. The van der Waals surface area contributed by atoms with Crippen molar-refractivity contribution in [3.05, 3.63) is 83.7 Å². The molecule has 1 aromatic heterocycles. The summed E-state index contributed by atoms with van der Waals surface area (Å²) in [6, 6.07) is 20.7. The molecule has 1 aliphatic rings. The first-order valence-corrected chi connectivity index (χ1v) is 8.22. The first-order chi connectivity index (χ1) is 11.9. The van der Waals surface area contributed by atoms with E-state index < -0.39 is 0 Å². The lowest BCUT2D eigenvalue weighted by atomic mass is 10.2. The molecule has 1 aliphatic heterocycles. The van der Waals surface area contributed by atoms with Gasteiger partial charge in [0.05, 0.1) is 19.3 Å². The largest absolute Gasteiger partial charge is 0.356 e. The Morgan fingerprint density at radius 3 is 2.29 bits per heavy atom. The fourth-order valence-electron chi connectivity index (χ4n) is 3.03. The standard InChI is InChI=1S/C19H20N4O/c1-3-7-16(8-4-1)13-22-11-12-24-19(22)18-15-23(21-20-18)14-17-9-5-2-6-10-17/h1-10,15,19H,11-14H2. The normalized spacial score (nSPS) is 18.1. The molecule has 0 spiro atoms. The zero-order valence-corrected chi connectivity index (χ0v) is 13.5. The van der Waals surface area contributed by atoms with Crippen LogP contribution in [0.15, 0.2) is 66.9 Å². The number of benzene rings is 2. The maximum absolute atomic E-state index is 5.90. The molecule has 0 amide bonds. The van der Waals surface area contributed by atoms with E-state index in [9.17, 15) is 0 Å². The van der Waals surface area contributed by atoms with Gasteiger partial charge in [-0.05, 0) is 11.1 Å². The summed E-state index contributed by atoms with van der Waals surface area (Å²) in [4.78, 5) is 2.30. The number of aromatic nitrogens is 3. The average molecular weight is 320 g/mol. The molecule has 1 fully saturated rings. The van der Waals surface area contributed by atoms with Crippen LogP contribution < -0.4 is 0 Å². The van der Waals surface area contributed by atoms with Gasteiger partial charge >= 0.3 is 0 Å². The summed E-state index contributed by atoms with van der Waals surface area (Å²) in [6.07, 6.45) is 1.87. The molecule has 1 saturated heterocycles. The van der Waals surface area contributed by atoms with Crippen molar-refractivity contribution in [2.75, 3.05) is 13.2 Å². The zero-order chi connectivity index (χ0) is 16.2. The SMILES string of the molecule is c1ccc(CN2CCOC2c2cn(Cc3ccccc3)nn2)cc1. The monoisotopic (exact) mass is 320 g/mol. The van der Waals surface area contributed by atoms with Crippen LogP contribution in [-0.2, 0) is 17.8 Å². The second-order valence-electron chi connectivity index (χ2n) is 6.01. The summed E-state index contributed by atoms with van der Waals surface area (Å²) in [7, 11) is 0. The summed E-state index contributed by atoms with van der Waals surface area (Å²) in [6.45, 7) is 3.21. The molecule has 0 bridgehead atoms. The van der Waals surface area contributed by atoms with Gasteiger partial charge in [-0.25, -0.2) is 4.68 Å². The molecule has 122 valence electrons. The Morgan fingerprint density at radius 1 is 0.917 bits per heavy atom. The Hall–Kier alpha value is -2.50. The highest BCUT2D eigenvalue weighted by Gasteiger charge is 2.29. The number of rotatable bonds is 5. The van der Waals surface area contributed by atoms with E-state index in [4.69, 9.17) is 4.74 Å². The van der Waals surface area contributed by atoms with Crippen LogP contribution >= 0.6 is 0 Å². The van der Waals surface area contributed by atoms with E-state index in [0.717, 1.165) is 31.9 Å². The van der Waals surface area contributed by atoms with Crippen molar-refractivity contribution < 1.29 is 4.74 Å². The third-order valence-electron chi connectivity index (χ3n) is 4.21. The van der Waals surface area contributed by atoms with Crippen LogP contribution in [0.5, 0.6) is 0 Å². The van der Waals surface area contributed by atoms with E-state index >= 15 is 0 Å². The van der Waals surface area contributed by atoms with Gasteiger partial charge < -0.3 is 4.74 Å². The molecule has 4 rings (SSSR count). The minimum absolute atomic E-state index is 0.116. The van der Waals surface area contributed by atoms with Crippen molar-refractivity contribution in [1.82, 2.24) is 19.9 Å². The number of nitrogens with zero attached hydrogens (tertiary/aromatic N) is 4. The quantitative estimate of drug-likeness (QED) is 0.725. The Balaban J connectivity index is 1.47. The predicted molar refractivity (Wildman–Crippen MR) is 91.1 cm³/mol. The van der Waals surface area contributed by atoms with Gasteiger partial charge in [0.2, 0.25) is 0 Å². The first kappa shape index (κ1) is 15.1. The van der Waals surface area contributed by atoms with Gasteiger partial charge in [-0.2, -0.15) is 0 Å². The van der Waals surface area contributed by atoms with E-state index in [0.29, 0.717) is 0 Å². The third-order valence-corrected chi connectivity index (χ3v) is 4.21. The van der Waals surface area contributed by atoms with Crippen LogP contribution in [0.25, 0.3) is 0 Å². The van der Waals surface area contributed by atoms with Crippen LogP contribution in [0.3, 0.4) is 0 Å². The molecule has 0 radical (unpaired) electrons. The maximum atomic E-state index is 5.90. The Kier molecular flexibility index (Phi) is 4.36. The lowest BCUT2D eigenvalue weighted by Gasteiger charge is -2.20. The summed E-state index contributed by atoms with van der Waals surface area (Å²) in [5.41, 5.74) is 3.37. The smallest absolute Gasteiger partial charge is 0.157 e. The number of hydrogen-bond acceptors (Lipinski definition) is 4. The highest BCUT2D eigenvalue weighted by Crippen LogP contribution is 2.26. The summed E-state index contributed by atoms with van der Waals surface area (Å²) in [5.74, 6) is 0. The average Bonchev–Trinajstić information content (AvgIpc) is 3.26. The number of ether oxygens (including phenoxy) is 1. The summed E-state index contributed by atoms with van der Waals surface area (Å²) >= 11 is 0. The first-order valence-electron chi connectivity index (χ1n) is 8.22. The van der Waals surface area contributed by atoms with Crippen molar-refractivity contribution in [3.63, 3.8) is 0 Å². The highest BCUT2D eigenvalue weighted by molar-refractivity contribution is 5.16. The Labute approximate surface area is 141 Å².